The number of anilines is 1. The molecule has 18 heavy (non-hydrogen) atoms. The Kier molecular flexibility index (Phi) is 5.06. The van der Waals surface area contributed by atoms with Crippen molar-refractivity contribution >= 4 is 5.69 Å². The van der Waals surface area contributed by atoms with E-state index >= 15 is 0 Å². The Morgan fingerprint density at radius 3 is 2.78 bits per heavy atom. The molecule has 1 aromatic carbocycles. The monoisotopic (exact) mass is 246 g/mol. The van der Waals surface area contributed by atoms with Gasteiger partial charge in [0, 0.05) is 25.3 Å². The highest BCUT2D eigenvalue weighted by molar-refractivity contribution is 5.47. The van der Waals surface area contributed by atoms with Crippen LogP contribution in [0.25, 0.3) is 0 Å². The zero-order chi connectivity index (χ0) is 12.8. The highest BCUT2D eigenvalue weighted by atomic mass is 15.1. The largest absolute Gasteiger partial charge is 0.375 e. The van der Waals surface area contributed by atoms with E-state index in [1.54, 1.807) is 0 Å². The molecule has 0 spiro atoms. The molecule has 0 radical (unpaired) electrons. The summed E-state index contributed by atoms with van der Waals surface area (Å²) in [6.45, 7) is 4.43. The van der Waals surface area contributed by atoms with Crippen LogP contribution in [0.3, 0.4) is 0 Å². The smallest absolute Gasteiger partial charge is 0.0366 e. The summed E-state index contributed by atoms with van der Waals surface area (Å²) in [6, 6.07) is 9.54. The summed E-state index contributed by atoms with van der Waals surface area (Å²) in [5.74, 6) is 0. The lowest BCUT2D eigenvalue weighted by Crippen LogP contribution is -2.29. The highest BCUT2D eigenvalue weighted by Crippen LogP contribution is 2.17. The molecule has 0 atom stereocenters. The Bertz CT molecular complexity index is 356. The molecular weight excluding hydrogens is 220 g/mol. The second-order valence-corrected chi connectivity index (χ2v) is 5.55. The van der Waals surface area contributed by atoms with Gasteiger partial charge >= 0.3 is 0 Å². The fourth-order valence-corrected chi connectivity index (χ4v) is 2.75. The maximum atomic E-state index is 3.67. The third-order valence-corrected chi connectivity index (χ3v) is 3.90. The zero-order valence-corrected chi connectivity index (χ0v) is 11.8. The summed E-state index contributed by atoms with van der Waals surface area (Å²) >= 11 is 0. The van der Waals surface area contributed by atoms with Gasteiger partial charge in [-0.3, -0.25) is 0 Å². The molecule has 1 aliphatic carbocycles. The maximum Gasteiger partial charge on any atom is 0.0366 e. The first-order valence-electron chi connectivity index (χ1n) is 7.27. The van der Waals surface area contributed by atoms with E-state index in [1.807, 2.05) is 0 Å². The molecule has 1 fully saturated rings. The van der Waals surface area contributed by atoms with Gasteiger partial charge in [-0.1, -0.05) is 25.0 Å². The molecule has 0 unspecified atom stereocenters. The predicted molar refractivity (Wildman–Crippen MR) is 79.3 cm³/mol. The van der Waals surface area contributed by atoms with Crippen LogP contribution in [0.1, 0.15) is 37.7 Å². The number of rotatable bonds is 6. The Morgan fingerprint density at radius 2 is 2.06 bits per heavy atom. The fourth-order valence-electron chi connectivity index (χ4n) is 2.75. The lowest BCUT2D eigenvalue weighted by molar-refractivity contribution is 0.515. The van der Waals surface area contributed by atoms with Crippen molar-refractivity contribution in [3.8, 4) is 0 Å². The Labute approximate surface area is 111 Å². The van der Waals surface area contributed by atoms with Gasteiger partial charge in [0.25, 0.3) is 0 Å². The van der Waals surface area contributed by atoms with Gasteiger partial charge in [-0.2, -0.15) is 0 Å². The maximum absolute atomic E-state index is 3.67. The summed E-state index contributed by atoms with van der Waals surface area (Å²) in [5.41, 5.74) is 2.67. The number of nitrogens with one attached hydrogen (secondary N) is 1. The van der Waals surface area contributed by atoms with Crippen LogP contribution < -0.4 is 10.2 Å². The second kappa shape index (κ2) is 6.79. The molecule has 1 saturated carbocycles. The average molecular weight is 246 g/mol. The lowest BCUT2D eigenvalue weighted by atomic mass is 10.2. The van der Waals surface area contributed by atoms with Crippen LogP contribution in [-0.4, -0.2) is 26.2 Å². The van der Waals surface area contributed by atoms with E-state index < -0.39 is 0 Å². The summed E-state index contributed by atoms with van der Waals surface area (Å²) in [5, 5.41) is 3.67. The molecule has 0 saturated heterocycles. The van der Waals surface area contributed by atoms with Crippen LogP contribution >= 0.6 is 0 Å². The molecule has 1 N–H and O–H groups in total. The van der Waals surface area contributed by atoms with Crippen molar-refractivity contribution in [2.45, 2.75) is 45.1 Å². The Balaban J connectivity index is 1.66. The molecule has 0 aromatic heterocycles. The van der Waals surface area contributed by atoms with Crippen LogP contribution in [-0.2, 0) is 0 Å². The van der Waals surface area contributed by atoms with Gasteiger partial charge in [-0.15, -0.1) is 0 Å². The van der Waals surface area contributed by atoms with E-state index in [-0.39, 0.29) is 0 Å². The first-order chi connectivity index (χ1) is 8.75. The molecule has 100 valence electrons. The van der Waals surface area contributed by atoms with Crippen LogP contribution in [0.5, 0.6) is 0 Å². The van der Waals surface area contributed by atoms with Gasteiger partial charge < -0.3 is 10.2 Å². The van der Waals surface area contributed by atoms with E-state index in [4.69, 9.17) is 0 Å². The summed E-state index contributed by atoms with van der Waals surface area (Å²) in [6.07, 6.45) is 6.82. The van der Waals surface area contributed by atoms with E-state index in [1.165, 1.54) is 43.4 Å². The number of hydrogen-bond donors (Lipinski definition) is 1. The summed E-state index contributed by atoms with van der Waals surface area (Å²) in [7, 11) is 2.18. The minimum atomic E-state index is 0.800. The standard InChI is InChI=1S/C16H26N2/c1-14-7-5-10-16(13-14)18(2)12-6-11-17-15-8-3-4-9-15/h5,7,10,13,15,17H,3-4,6,8-9,11-12H2,1-2H3. The molecule has 0 aliphatic heterocycles. The topological polar surface area (TPSA) is 15.3 Å². The molecule has 1 aliphatic rings. The Morgan fingerprint density at radius 1 is 1.28 bits per heavy atom. The second-order valence-electron chi connectivity index (χ2n) is 5.55. The minimum Gasteiger partial charge on any atom is -0.375 e. The van der Waals surface area contributed by atoms with Crippen LogP contribution in [0.2, 0.25) is 0 Å². The molecule has 0 bridgehead atoms. The van der Waals surface area contributed by atoms with Crippen molar-refractivity contribution in [2.75, 3.05) is 25.0 Å². The van der Waals surface area contributed by atoms with Crippen molar-refractivity contribution in [3.63, 3.8) is 0 Å². The molecule has 2 rings (SSSR count). The first-order valence-corrected chi connectivity index (χ1v) is 7.27. The van der Waals surface area contributed by atoms with Gasteiger partial charge in [0.2, 0.25) is 0 Å². The predicted octanol–water partition coefficient (Wildman–Crippen LogP) is 3.35. The average Bonchev–Trinajstić information content (AvgIpc) is 2.87. The van der Waals surface area contributed by atoms with Gasteiger partial charge in [-0.25, -0.2) is 0 Å². The van der Waals surface area contributed by atoms with Crippen molar-refractivity contribution < 1.29 is 0 Å². The van der Waals surface area contributed by atoms with Gasteiger partial charge in [0.05, 0.1) is 0 Å². The highest BCUT2D eigenvalue weighted by Gasteiger charge is 2.13. The molecule has 0 amide bonds. The fraction of sp³-hybridized carbons (Fsp3) is 0.625. The third-order valence-electron chi connectivity index (χ3n) is 3.90. The van der Waals surface area contributed by atoms with E-state index in [2.05, 4.69) is 48.5 Å². The molecule has 1 aromatic rings. The van der Waals surface area contributed by atoms with Gasteiger partial charge in [-0.05, 0) is 50.4 Å². The van der Waals surface area contributed by atoms with Crippen molar-refractivity contribution in [1.29, 1.82) is 0 Å². The number of nitrogens with zero attached hydrogens (tertiary/aromatic N) is 1. The van der Waals surface area contributed by atoms with Gasteiger partial charge in [0.1, 0.15) is 0 Å². The third kappa shape index (κ3) is 4.02. The molecule has 2 heteroatoms. The molecule has 2 nitrogen and oxygen atoms in total. The molecule has 0 heterocycles. The van der Waals surface area contributed by atoms with E-state index in [0.29, 0.717) is 0 Å². The van der Waals surface area contributed by atoms with E-state index in [0.717, 1.165) is 19.1 Å². The number of benzene rings is 1. The summed E-state index contributed by atoms with van der Waals surface area (Å²) < 4.78 is 0. The lowest BCUT2D eigenvalue weighted by Gasteiger charge is -2.20. The zero-order valence-electron chi connectivity index (χ0n) is 11.8. The SMILES string of the molecule is Cc1cccc(N(C)CCCNC2CCCC2)c1. The van der Waals surface area contributed by atoms with Crippen molar-refractivity contribution in [2.24, 2.45) is 0 Å². The van der Waals surface area contributed by atoms with Crippen molar-refractivity contribution in [3.05, 3.63) is 29.8 Å². The van der Waals surface area contributed by atoms with Gasteiger partial charge in [0.15, 0.2) is 0 Å². The van der Waals surface area contributed by atoms with Crippen molar-refractivity contribution in [1.82, 2.24) is 5.32 Å². The normalized spacial score (nSPS) is 16.1. The van der Waals surface area contributed by atoms with Crippen LogP contribution in [0.4, 0.5) is 5.69 Å². The first kappa shape index (κ1) is 13.4. The molecular formula is C16H26N2. The summed E-state index contributed by atoms with van der Waals surface area (Å²) in [4.78, 5) is 2.35. The minimum absolute atomic E-state index is 0.800. The van der Waals surface area contributed by atoms with Crippen LogP contribution in [0.15, 0.2) is 24.3 Å². The van der Waals surface area contributed by atoms with Crippen LogP contribution in [0, 0.1) is 6.92 Å². The number of aryl methyl sites for hydroxylation is 1. The van der Waals surface area contributed by atoms with E-state index in [9.17, 15) is 0 Å². The quantitative estimate of drug-likeness (QED) is 0.774. The number of hydrogen-bond acceptors (Lipinski definition) is 2. The Hall–Kier alpha value is -1.02.